The summed E-state index contributed by atoms with van der Waals surface area (Å²) in [6, 6.07) is 28.5. The molecule has 0 amide bonds. The lowest BCUT2D eigenvalue weighted by Gasteiger charge is -2.28. The van der Waals surface area contributed by atoms with Gasteiger partial charge in [-0.05, 0) is 25.5 Å². The molecule has 4 aromatic rings. The Morgan fingerprint density at radius 1 is 0.900 bits per heavy atom. The second-order valence-corrected chi connectivity index (χ2v) is 12.3. The van der Waals surface area contributed by atoms with Gasteiger partial charge in [0, 0.05) is 10.8 Å². The molecule has 1 atom stereocenters. The first kappa shape index (κ1) is 21.0. The number of benzene rings is 2. The fraction of sp³-hybridized carbons (Fsp3) is 0.240. The van der Waals surface area contributed by atoms with E-state index in [0.717, 1.165) is 5.03 Å². The molecule has 5 heteroatoms. The van der Waals surface area contributed by atoms with Crippen molar-refractivity contribution >= 4 is 35.6 Å². The SMILES string of the molecule is C[C@H]([c-]1cccc1P(c1ccccc1)c1ccccc1)n1nncc1SC(C)(C)C. The third-order valence-electron chi connectivity index (χ3n) is 4.87. The quantitative estimate of drug-likeness (QED) is 0.237. The summed E-state index contributed by atoms with van der Waals surface area (Å²) in [4.78, 5) is 0. The summed E-state index contributed by atoms with van der Waals surface area (Å²) in [5.41, 5.74) is 1.31. The van der Waals surface area contributed by atoms with Gasteiger partial charge in [-0.15, -0.1) is 16.0 Å². The maximum atomic E-state index is 4.46. The van der Waals surface area contributed by atoms with Crippen LogP contribution in [0.5, 0.6) is 0 Å². The van der Waals surface area contributed by atoms with E-state index in [9.17, 15) is 0 Å². The lowest BCUT2D eigenvalue weighted by Crippen LogP contribution is -2.24. The molecule has 0 aliphatic rings. The molecule has 1 heterocycles. The average Bonchev–Trinajstić information content (AvgIpc) is 3.38. The Balaban J connectivity index is 1.77. The summed E-state index contributed by atoms with van der Waals surface area (Å²) in [5.74, 6) is 0. The fourth-order valence-corrected chi connectivity index (χ4v) is 7.15. The summed E-state index contributed by atoms with van der Waals surface area (Å²) >= 11 is 1.81. The number of hydrogen-bond acceptors (Lipinski definition) is 3. The molecule has 0 radical (unpaired) electrons. The first-order chi connectivity index (χ1) is 14.4. The zero-order chi connectivity index (χ0) is 21.1. The Labute approximate surface area is 184 Å². The second-order valence-electron chi connectivity index (χ2n) is 8.28. The molecule has 1 aromatic heterocycles. The topological polar surface area (TPSA) is 30.7 Å². The van der Waals surface area contributed by atoms with Crippen LogP contribution in [0.2, 0.25) is 0 Å². The Morgan fingerprint density at radius 2 is 1.50 bits per heavy atom. The standard InChI is InChI=1S/C25H27N3PS/c1-19(28-24(18-26-27-28)30-25(2,3)4)22-16-11-17-23(22)29(20-12-7-5-8-13-20)21-14-9-6-10-15-21/h5-19H,1-4H3/q-1/t19-/m1/s1. The number of nitrogens with zero attached hydrogens (tertiary/aromatic N) is 3. The minimum Gasteiger partial charge on any atom is -0.243 e. The molecule has 3 aromatic carbocycles. The minimum absolute atomic E-state index is 0.106. The van der Waals surface area contributed by atoms with E-state index in [1.165, 1.54) is 21.5 Å². The molecular formula is C25H27N3PS-. The van der Waals surface area contributed by atoms with Crippen molar-refractivity contribution in [3.05, 3.63) is 90.6 Å². The highest BCUT2D eigenvalue weighted by Crippen LogP contribution is 2.38. The van der Waals surface area contributed by atoms with E-state index in [1.807, 2.05) is 18.0 Å². The van der Waals surface area contributed by atoms with Crippen LogP contribution >= 0.6 is 19.7 Å². The molecule has 0 aliphatic carbocycles. The van der Waals surface area contributed by atoms with Gasteiger partial charge in [-0.2, -0.15) is 6.07 Å². The summed E-state index contributed by atoms with van der Waals surface area (Å²) in [7, 11) is -0.643. The van der Waals surface area contributed by atoms with Crippen molar-refractivity contribution in [1.82, 2.24) is 15.0 Å². The molecular weight excluding hydrogens is 405 g/mol. The van der Waals surface area contributed by atoms with Crippen molar-refractivity contribution in [3.63, 3.8) is 0 Å². The molecule has 3 nitrogen and oxygen atoms in total. The molecule has 0 fully saturated rings. The van der Waals surface area contributed by atoms with Gasteiger partial charge >= 0.3 is 0 Å². The molecule has 0 N–H and O–H groups in total. The third kappa shape index (κ3) is 4.55. The minimum atomic E-state index is -0.643. The molecule has 30 heavy (non-hydrogen) atoms. The van der Waals surface area contributed by atoms with Gasteiger partial charge in [0.25, 0.3) is 0 Å². The Hall–Kier alpha value is -2.29. The first-order valence-corrected chi connectivity index (χ1v) is 12.3. The highest BCUT2D eigenvalue weighted by atomic mass is 32.2. The lowest BCUT2D eigenvalue weighted by molar-refractivity contribution is 0.507. The highest BCUT2D eigenvalue weighted by Gasteiger charge is 2.21. The van der Waals surface area contributed by atoms with Gasteiger partial charge in [0.1, 0.15) is 5.03 Å². The van der Waals surface area contributed by atoms with Gasteiger partial charge in [0.05, 0.1) is 6.20 Å². The molecule has 0 saturated carbocycles. The maximum Gasteiger partial charge on any atom is 0.114 e. The average molecular weight is 433 g/mol. The monoisotopic (exact) mass is 432 g/mol. The molecule has 0 aliphatic heterocycles. The fourth-order valence-electron chi connectivity index (χ4n) is 3.58. The third-order valence-corrected chi connectivity index (χ3v) is 8.50. The van der Waals surface area contributed by atoms with Crippen LogP contribution in [0.15, 0.2) is 90.1 Å². The Bertz CT molecular complexity index is 1040. The zero-order valence-corrected chi connectivity index (χ0v) is 19.6. The summed E-state index contributed by atoms with van der Waals surface area (Å²) in [5, 5.41) is 13.9. The Kier molecular flexibility index (Phi) is 6.17. The largest absolute Gasteiger partial charge is 0.243 e. The summed E-state index contributed by atoms with van der Waals surface area (Å²) < 4.78 is 2.17. The van der Waals surface area contributed by atoms with E-state index in [4.69, 9.17) is 0 Å². The van der Waals surface area contributed by atoms with E-state index in [2.05, 4.69) is 122 Å². The molecule has 154 valence electrons. The summed E-state index contributed by atoms with van der Waals surface area (Å²) in [6.07, 6.45) is 1.88. The van der Waals surface area contributed by atoms with Crippen LogP contribution in [0, 0.1) is 0 Å². The van der Waals surface area contributed by atoms with Crippen molar-refractivity contribution in [2.24, 2.45) is 0 Å². The van der Waals surface area contributed by atoms with Gasteiger partial charge in [-0.3, -0.25) is 0 Å². The van der Waals surface area contributed by atoms with Crippen LogP contribution in [0.3, 0.4) is 0 Å². The second kappa shape index (κ2) is 8.83. The number of rotatable bonds is 6. The van der Waals surface area contributed by atoms with Crippen LogP contribution in [0.4, 0.5) is 0 Å². The predicted molar refractivity (Wildman–Crippen MR) is 130 cm³/mol. The van der Waals surface area contributed by atoms with E-state index >= 15 is 0 Å². The van der Waals surface area contributed by atoms with Crippen LogP contribution < -0.4 is 15.9 Å². The van der Waals surface area contributed by atoms with Gasteiger partial charge in [0.15, 0.2) is 0 Å². The van der Waals surface area contributed by atoms with E-state index < -0.39 is 7.92 Å². The van der Waals surface area contributed by atoms with Gasteiger partial charge in [0.2, 0.25) is 0 Å². The predicted octanol–water partition coefficient (Wildman–Crippen LogP) is 5.26. The highest BCUT2D eigenvalue weighted by molar-refractivity contribution is 8.00. The van der Waals surface area contributed by atoms with Crippen LogP contribution in [-0.4, -0.2) is 19.7 Å². The van der Waals surface area contributed by atoms with Crippen molar-refractivity contribution in [2.45, 2.75) is 43.5 Å². The smallest absolute Gasteiger partial charge is 0.114 e. The lowest BCUT2D eigenvalue weighted by atomic mass is 10.2. The first-order valence-electron chi connectivity index (χ1n) is 10.2. The molecule has 0 bridgehead atoms. The van der Waals surface area contributed by atoms with E-state index in [-0.39, 0.29) is 10.8 Å². The van der Waals surface area contributed by atoms with E-state index in [0.29, 0.717) is 0 Å². The maximum absolute atomic E-state index is 4.46. The number of hydrogen-bond donors (Lipinski definition) is 0. The zero-order valence-electron chi connectivity index (χ0n) is 17.9. The van der Waals surface area contributed by atoms with E-state index in [1.54, 1.807) is 0 Å². The van der Waals surface area contributed by atoms with Crippen molar-refractivity contribution in [3.8, 4) is 0 Å². The van der Waals surface area contributed by atoms with Gasteiger partial charge in [-0.1, -0.05) is 98.4 Å². The number of aromatic nitrogens is 3. The molecule has 0 spiro atoms. The van der Waals surface area contributed by atoms with Crippen LogP contribution in [0.25, 0.3) is 0 Å². The van der Waals surface area contributed by atoms with Crippen molar-refractivity contribution in [2.75, 3.05) is 0 Å². The molecule has 0 saturated heterocycles. The summed E-state index contributed by atoms with van der Waals surface area (Å²) in [6.45, 7) is 8.89. The molecule has 0 unspecified atom stereocenters. The van der Waals surface area contributed by atoms with Crippen molar-refractivity contribution in [1.29, 1.82) is 0 Å². The van der Waals surface area contributed by atoms with Crippen LogP contribution in [-0.2, 0) is 0 Å². The van der Waals surface area contributed by atoms with Gasteiger partial charge in [-0.25, -0.2) is 16.8 Å². The van der Waals surface area contributed by atoms with Crippen LogP contribution in [0.1, 0.15) is 39.3 Å². The van der Waals surface area contributed by atoms with Gasteiger partial charge < -0.3 is 0 Å². The number of thioether (sulfide) groups is 1. The molecule has 4 rings (SSSR count). The normalized spacial score (nSPS) is 13.0. The van der Waals surface area contributed by atoms with Crippen molar-refractivity contribution < 1.29 is 0 Å². The Morgan fingerprint density at radius 3 is 2.07 bits per heavy atom.